The summed E-state index contributed by atoms with van der Waals surface area (Å²) in [5, 5.41) is 3.35. The maximum Gasteiger partial charge on any atom is 0.224 e. The molecule has 0 radical (unpaired) electrons. The molecule has 1 aromatic carbocycles. The molecule has 1 amide bonds. The van der Waals surface area contributed by atoms with Gasteiger partial charge in [-0.2, -0.15) is 0 Å². The Kier molecular flexibility index (Phi) is 5.36. The van der Waals surface area contributed by atoms with Gasteiger partial charge in [0.1, 0.15) is 5.75 Å². The molecule has 3 N–H and O–H groups in total. The number of rotatable bonds is 7. The van der Waals surface area contributed by atoms with Gasteiger partial charge in [-0.15, -0.1) is 0 Å². The lowest BCUT2D eigenvalue weighted by Gasteiger charge is -2.24. The van der Waals surface area contributed by atoms with Crippen LogP contribution in [0.3, 0.4) is 0 Å². The molecule has 4 nitrogen and oxygen atoms in total. The summed E-state index contributed by atoms with van der Waals surface area (Å²) in [5.41, 5.74) is 6.06. The molecule has 106 valence electrons. The number of nitrogens with one attached hydrogen (secondary N) is 1. The smallest absolute Gasteiger partial charge is 0.224 e. The van der Waals surface area contributed by atoms with E-state index in [1.807, 2.05) is 26.0 Å². The summed E-state index contributed by atoms with van der Waals surface area (Å²) < 4.78 is 5.13. The Balaban J connectivity index is 2.46. The molecule has 1 aromatic rings. The fraction of sp³-hybridized carbons (Fsp3) is 0.533. The molecule has 19 heavy (non-hydrogen) atoms. The van der Waals surface area contributed by atoms with E-state index < -0.39 is 5.41 Å². The number of amides is 1. The highest BCUT2D eigenvalue weighted by Crippen LogP contribution is 2.14. The molecule has 0 heterocycles. The highest BCUT2D eigenvalue weighted by atomic mass is 16.5. The van der Waals surface area contributed by atoms with E-state index >= 15 is 0 Å². The number of hydrogen-bond donors (Lipinski definition) is 2. The van der Waals surface area contributed by atoms with Crippen LogP contribution in [0.4, 0.5) is 0 Å². The minimum absolute atomic E-state index is 0.281. The van der Waals surface area contributed by atoms with E-state index in [0.29, 0.717) is 6.54 Å². The van der Waals surface area contributed by atoms with Crippen molar-refractivity contribution in [2.24, 2.45) is 11.1 Å². The van der Waals surface area contributed by atoms with Gasteiger partial charge in [0.15, 0.2) is 0 Å². The first-order valence-electron chi connectivity index (χ1n) is 6.51. The van der Waals surface area contributed by atoms with Crippen molar-refractivity contribution >= 4 is 5.91 Å². The largest absolute Gasteiger partial charge is 0.497 e. The van der Waals surface area contributed by atoms with E-state index in [-0.39, 0.29) is 11.9 Å². The van der Waals surface area contributed by atoms with Crippen LogP contribution in [0.1, 0.15) is 26.3 Å². The molecule has 0 aliphatic heterocycles. The van der Waals surface area contributed by atoms with Crippen molar-refractivity contribution < 1.29 is 9.53 Å². The molecule has 4 heteroatoms. The summed E-state index contributed by atoms with van der Waals surface area (Å²) >= 11 is 0. The number of primary amides is 1. The zero-order valence-corrected chi connectivity index (χ0v) is 12.2. The van der Waals surface area contributed by atoms with Crippen LogP contribution >= 0.6 is 0 Å². The van der Waals surface area contributed by atoms with E-state index in [9.17, 15) is 4.79 Å². The zero-order chi connectivity index (χ0) is 14.5. The van der Waals surface area contributed by atoms with Crippen molar-refractivity contribution in [1.82, 2.24) is 5.32 Å². The van der Waals surface area contributed by atoms with Gasteiger partial charge in [-0.1, -0.05) is 12.1 Å². The number of nitrogens with two attached hydrogens (primary N) is 1. The molecule has 0 saturated carbocycles. The van der Waals surface area contributed by atoms with Gasteiger partial charge in [-0.3, -0.25) is 4.79 Å². The lowest BCUT2D eigenvalue weighted by molar-refractivity contribution is -0.125. The van der Waals surface area contributed by atoms with Gasteiger partial charge in [0.2, 0.25) is 5.91 Å². The van der Waals surface area contributed by atoms with Gasteiger partial charge >= 0.3 is 0 Å². The summed E-state index contributed by atoms with van der Waals surface area (Å²) in [4.78, 5) is 11.2. The van der Waals surface area contributed by atoms with Gasteiger partial charge in [0, 0.05) is 12.6 Å². The Bertz CT molecular complexity index is 413. The van der Waals surface area contributed by atoms with Crippen LogP contribution in [0.5, 0.6) is 5.75 Å². The van der Waals surface area contributed by atoms with Crippen molar-refractivity contribution in [2.45, 2.75) is 33.2 Å². The summed E-state index contributed by atoms with van der Waals surface area (Å²) in [5.74, 6) is 0.580. The first-order valence-corrected chi connectivity index (χ1v) is 6.51. The number of ether oxygens (including phenoxy) is 1. The maximum absolute atomic E-state index is 11.2. The number of carbonyl (C=O) groups excluding carboxylic acids is 1. The van der Waals surface area contributed by atoms with Crippen LogP contribution in [-0.4, -0.2) is 25.6 Å². The van der Waals surface area contributed by atoms with Gasteiger partial charge in [-0.25, -0.2) is 0 Å². The SMILES string of the molecule is COc1ccc(CC(C)NCC(C)(C)C(N)=O)cc1. The Labute approximate surface area is 115 Å². The molecule has 0 aromatic heterocycles. The van der Waals surface area contributed by atoms with E-state index in [2.05, 4.69) is 24.4 Å². The minimum Gasteiger partial charge on any atom is -0.497 e. The second kappa shape index (κ2) is 6.57. The number of methoxy groups -OCH3 is 1. The molecule has 1 rings (SSSR count). The van der Waals surface area contributed by atoms with Crippen molar-refractivity contribution in [2.75, 3.05) is 13.7 Å². The highest BCUT2D eigenvalue weighted by molar-refractivity contribution is 5.80. The lowest BCUT2D eigenvalue weighted by Crippen LogP contribution is -2.43. The monoisotopic (exact) mass is 264 g/mol. The predicted octanol–water partition coefficient (Wildman–Crippen LogP) is 1.73. The third-order valence-electron chi connectivity index (χ3n) is 3.26. The summed E-state index contributed by atoms with van der Waals surface area (Å²) in [6.45, 7) is 6.38. The Morgan fingerprint density at radius 3 is 2.42 bits per heavy atom. The van der Waals surface area contributed by atoms with E-state index in [4.69, 9.17) is 10.5 Å². The Hall–Kier alpha value is -1.55. The summed E-state index contributed by atoms with van der Waals surface area (Å²) in [6, 6.07) is 8.30. The van der Waals surface area contributed by atoms with Crippen molar-refractivity contribution in [3.8, 4) is 5.75 Å². The number of hydrogen-bond acceptors (Lipinski definition) is 3. The van der Waals surface area contributed by atoms with Gasteiger partial charge in [-0.05, 0) is 44.9 Å². The third-order valence-corrected chi connectivity index (χ3v) is 3.26. The van der Waals surface area contributed by atoms with Crippen molar-refractivity contribution in [3.63, 3.8) is 0 Å². The Morgan fingerprint density at radius 1 is 1.37 bits per heavy atom. The van der Waals surface area contributed by atoms with Crippen LogP contribution in [0.2, 0.25) is 0 Å². The summed E-state index contributed by atoms with van der Waals surface area (Å²) in [6.07, 6.45) is 0.902. The molecule has 0 fully saturated rings. The van der Waals surface area contributed by atoms with Crippen molar-refractivity contribution in [3.05, 3.63) is 29.8 Å². The van der Waals surface area contributed by atoms with Crippen LogP contribution in [0.25, 0.3) is 0 Å². The van der Waals surface area contributed by atoms with Crippen LogP contribution < -0.4 is 15.8 Å². The summed E-state index contributed by atoms with van der Waals surface area (Å²) in [7, 11) is 1.66. The maximum atomic E-state index is 11.2. The first-order chi connectivity index (χ1) is 8.85. The molecular formula is C15H24N2O2. The third kappa shape index (κ3) is 4.91. The molecule has 0 aliphatic rings. The molecule has 1 atom stereocenters. The first kappa shape index (κ1) is 15.5. The average molecular weight is 264 g/mol. The van der Waals surface area contributed by atoms with Crippen LogP contribution in [0, 0.1) is 5.41 Å². The van der Waals surface area contributed by atoms with Gasteiger partial charge < -0.3 is 15.8 Å². The van der Waals surface area contributed by atoms with Gasteiger partial charge in [0.25, 0.3) is 0 Å². The van der Waals surface area contributed by atoms with Crippen LogP contribution in [-0.2, 0) is 11.2 Å². The quantitative estimate of drug-likeness (QED) is 0.788. The van der Waals surface area contributed by atoms with E-state index in [1.165, 1.54) is 5.56 Å². The van der Waals surface area contributed by atoms with Crippen molar-refractivity contribution in [1.29, 1.82) is 0 Å². The second-order valence-corrected chi connectivity index (χ2v) is 5.58. The number of benzene rings is 1. The zero-order valence-electron chi connectivity index (χ0n) is 12.2. The lowest BCUT2D eigenvalue weighted by atomic mass is 9.92. The fourth-order valence-corrected chi connectivity index (χ4v) is 1.70. The molecule has 0 saturated heterocycles. The van der Waals surface area contributed by atoms with E-state index in [1.54, 1.807) is 7.11 Å². The van der Waals surface area contributed by atoms with E-state index in [0.717, 1.165) is 12.2 Å². The molecule has 0 bridgehead atoms. The molecule has 0 spiro atoms. The minimum atomic E-state index is -0.520. The normalized spacial score (nSPS) is 13.1. The number of carbonyl (C=O) groups is 1. The average Bonchev–Trinajstić information content (AvgIpc) is 2.37. The standard InChI is InChI=1S/C15H24N2O2/c1-11(17-10-15(2,3)14(16)18)9-12-5-7-13(19-4)8-6-12/h5-8,11,17H,9-10H2,1-4H3,(H2,16,18). The van der Waals surface area contributed by atoms with Gasteiger partial charge in [0.05, 0.1) is 12.5 Å². The fourth-order valence-electron chi connectivity index (χ4n) is 1.70. The molecular weight excluding hydrogens is 240 g/mol. The Morgan fingerprint density at radius 2 is 1.95 bits per heavy atom. The predicted molar refractivity (Wildman–Crippen MR) is 77.1 cm³/mol. The second-order valence-electron chi connectivity index (χ2n) is 5.58. The highest BCUT2D eigenvalue weighted by Gasteiger charge is 2.24. The van der Waals surface area contributed by atoms with Crippen LogP contribution in [0.15, 0.2) is 24.3 Å². The molecule has 0 aliphatic carbocycles. The topological polar surface area (TPSA) is 64.3 Å². The molecule has 1 unspecified atom stereocenters.